The molecule has 0 saturated heterocycles. The van der Waals surface area contributed by atoms with Gasteiger partial charge in [0.25, 0.3) is 0 Å². The average molecular weight is 311 g/mol. The Labute approximate surface area is 130 Å². The van der Waals surface area contributed by atoms with Crippen LogP contribution in [-0.4, -0.2) is 25.0 Å². The third-order valence-corrected chi connectivity index (χ3v) is 4.32. The lowest BCUT2D eigenvalue weighted by atomic mass is 10.1. The Kier molecular flexibility index (Phi) is 3.19. The van der Waals surface area contributed by atoms with Crippen molar-refractivity contribution in [2.45, 2.75) is 19.8 Å². The number of aromatic nitrogens is 5. The quantitative estimate of drug-likeness (QED) is 0.579. The zero-order valence-corrected chi connectivity index (χ0v) is 12.7. The van der Waals surface area contributed by atoms with E-state index in [0.717, 1.165) is 28.6 Å². The smallest absolute Gasteiger partial charge is 0.235 e. The predicted octanol–water partition coefficient (Wildman–Crippen LogP) is 2.93. The third-order valence-electron chi connectivity index (χ3n) is 3.36. The van der Waals surface area contributed by atoms with Crippen LogP contribution in [0.5, 0.6) is 0 Å². The van der Waals surface area contributed by atoms with E-state index in [9.17, 15) is 0 Å². The van der Waals surface area contributed by atoms with E-state index in [4.69, 9.17) is 4.52 Å². The Morgan fingerprint density at radius 1 is 1.14 bits per heavy atom. The molecule has 0 amide bonds. The van der Waals surface area contributed by atoms with Crippen molar-refractivity contribution in [2.75, 3.05) is 0 Å². The fourth-order valence-electron chi connectivity index (χ4n) is 2.29. The summed E-state index contributed by atoms with van der Waals surface area (Å²) >= 11 is 1.56. The number of fused-ring (bicyclic) bond motifs is 1. The van der Waals surface area contributed by atoms with Crippen LogP contribution in [0.3, 0.4) is 0 Å². The first-order valence-electron chi connectivity index (χ1n) is 6.98. The van der Waals surface area contributed by atoms with E-state index in [0.29, 0.717) is 11.5 Å². The van der Waals surface area contributed by atoms with Crippen molar-refractivity contribution in [2.24, 2.45) is 0 Å². The molecule has 0 fully saturated rings. The van der Waals surface area contributed by atoms with E-state index in [1.54, 1.807) is 15.9 Å². The van der Waals surface area contributed by atoms with Gasteiger partial charge in [-0.05, 0) is 18.9 Å². The summed E-state index contributed by atoms with van der Waals surface area (Å²) < 4.78 is 6.83. The second-order valence-corrected chi connectivity index (χ2v) is 6.06. The SMILES string of the molecule is Cc1cc(-c2nnc3sc(CCc4ccccc4)nn23)no1. The van der Waals surface area contributed by atoms with Gasteiger partial charge in [0.1, 0.15) is 10.8 Å². The minimum atomic E-state index is 0.620. The summed E-state index contributed by atoms with van der Waals surface area (Å²) in [7, 11) is 0. The molecule has 0 aliphatic heterocycles. The van der Waals surface area contributed by atoms with Gasteiger partial charge in [0, 0.05) is 12.5 Å². The van der Waals surface area contributed by atoms with Crippen molar-refractivity contribution in [1.29, 1.82) is 0 Å². The average Bonchev–Trinajstić information content (AvgIpc) is 3.21. The molecule has 6 nitrogen and oxygen atoms in total. The normalized spacial score (nSPS) is 11.3. The summed E-state index contributed by atoms with van der Waals surface area (Å²) in [5, 5.41) is 17.9. The minimum Gasteiger partial charge on any atom is -0.361 e. The molecule has 7 heteroatoms. The second-order valence-electron chi connectivity index (χ2n) is 5.02. The van der Waals surface area contributed by atoms with Crippen LogP contribution in [0.1, 0.15) is 16.3 Å². The first-order chi connectivity index (χ1) is 10.8. The van der Waals surface area contributed by atoms with Gasteiger partial charge in [-0.1, -0.05) is 46.8 Å². The molecule has 4 aromatic rings. The Balaban J connectivity index is 1.60. The molecule has 3 heterocycles. The number of nitrogens with zero attached hydrogens (tertiary/aromatic N) is 5. The highest BCUT2D eigenvalue weighted by Crippen LogP contribution is 2.22. The number of hydrogen-bond acceptors (Lipinski definition) is 6. The van der Waals surface area contributed by atoms with Gasteiger partial charge in [0.2, 0.25) is 10.8 Å². The first-order valence-corrected chi connectivity index (χ1v) is 7.80. The molecule has 0 radical (unpaired) electrons. The van der Waals surface area contributed by atoms with E-state index < -0.39 is 0 Å². The van der Waals surface area contributed by atoms with Gasteiger partial charge in [0.05, 0.1) is 0 Å². The summed E-state index contributed by atoms with van der Waals surface area (Å²) in [5.74, 6) is 1.36. The molecule has 4 rings (SSSR count). The molecule has 0 N–H and O–H groups in total. The summed E-state index contributed by atoms with van der Waals surface area (Å²) in [5.41, 5.74) is 1.96. The summed E-state index contributed by atoms with van der Waals surface area (Å²) in [6.07, 6.45) is 1.85. The minimum absolute atomic E-state index is 0.620. The van der Waals surface area contributed by atoms with Gasteiger partial charge >= 0.3 is 0 Å². The number of benzene rings is 1. The topological polar surface area (TPSA) is 69.1 Å². The molecule has 0 aliphatic rings. The van der Waals surface area contributed by atoms with E-state index in [2.05, 4.69) is 44.7 Å². The lowest BCUT2D eigenvalue weighted by Crippen LogP contribution is -1.94. The van der Waals surface area contributed by atoms with E-state index >= 15 is 0 Å². The molecule has 0 atom stereocenters. The molecule has 0 bridgehead atoms. The maximum absolute atomic E-state index is 5.09. The summed E-state index contributed by atoms with van der Waals surface area (Å²) in [6.45, 7) is 1.85. The fraction of sp³-hybridized carbons (Fsp3) is 0.200. The number of hydrogen-bond donors (Lipinski definition) is 0. The van der Waals surface area contributed by atoms with Crippen molar-refractivity contribution in [1.82, 2.24) is 25.0 Å². The van der Waals surface area contributed by atoms with Crippen molar-refractivity contribution in [3.05, 3.63) is 52.7 Å². The maximum atomic E-state index is 5.09. The highest BCUT2D eigenvalue weighted by molar-refractivity contribution is 7.16. The van der Waals surface area contributed by atoms with Crippen LogP contribution in [0.25, 0.3) is 16.5 Å². The van der Waals surface area contributed by atoms with Crippen LogP contribution in [0.2, 0.25) is 0 Å². The molecule has 0 unspecified atom stereocenters. The zero-order chi connectivity index (χ0) is 14.9. The molecule has 0 saturated carbocycles. The lowest BCUT2D eigenvalue weighted by Gasteiger charge is -1.97. The Bertz CT molecular complexity index is 908. The zero-order valence-electron chi connectivity index (χ0n) is 11.9. The predicted molar refractivity (Wildman–Crippen MR) is 82.7 cm³/mol. The Hall–Kier alpha value is -2.54. The Morgan fingerprint density at radius 2 is 2.00 bits per heavy atom. The molecule has 0 aliphatic carbocycles. The van der Waals surface area contributed by atoms with Crippen molar-refractivity contribution in [3.63, 3.8) is 0 Å². The highest BCUT2D eigenvalue weighted by Gasteiger charge is 2.16. The maximum Gasteiger partial charge on any atom is 0.235 e. The van der Waals surface area contributed by atoms with Crippen LogP contribution in [0.15, 0.2) is 40.9 Å². The van der Waals surface area contributed by atoms with Crippen molar-refractivity contribution >= 4 is 16.3 Å². The summed E-state index contributed by atoms with van der Waals surface area (Å²) in [4.78, 5) is 0.777. The van der Waals surface area contributed by atoms with Crippen molar-refractivity contribution < 1.29 is 4.52 Å². The van der Waals surface area contributed by atoms with Crippen LogP contribution in [0, 0.1) is 6.92 Å². The van der Waals surface area contributed by atoms with Crippen LogP contribution < -0.4 is 0 Å². The van der Waals surface area contributed by atoms with Gasteiger partial charge in [0.15, 0.2) is 5.69 Å². The fourth-order valence-corrected chi connectivity index (χ4v) is 3.12. The van der Waals surface area contributed by atoms with Gasteiger partial charge in [-0.2, -0.15) is 9.61 Å². The van der Waals surface area contributed by atoms with E-state index in [1.165, 1.54) is 5.56 Å². The number of aryl methyl sites for hydroxylation is 3. The molecule has 1 aromatic carbocycles. The van der Waals surface area contributed by atoms with Gasteiger partial charge in [-0.15, -0.1) is 10.2 Å². The summed E-state index contributed by atoms with van der Waals surface area (Å²) in [6, 6.07) is 12.2. The van der Waals surface area contributed by atoms with E-state index in [1.807, 2.05) is 19.1 Å². The van der Waals surface area contributed by atoms with Gasteiger partial charge < -0.3 is 4.52 Å². The molecule has 0 spiro atoms. The standard InChI is InChI=1S/C15H13N5OS/c1-10-9-12(19-21-10)14-16-17-15-20(14)18-13(22-15)8-7-11-5-3-2-4-6-11/h2-6,9H,7-8H2,1H3. The Morgan fingerprint density at radius 3 is 2.77 bits per heavy atom. The molecular formula is C15H13N5OS. The van der Waals surface area contributed by atoms with Gasteiger partial charge in [-0.3, -0.25) is 0 Å². The van der Waals surface area contributed by atoms with Crippen LogP contribution >= 0.6 is 11.3 Å². The van der Waals surface area contributed by atoms with E-state index in [-0.39, 0.29) is 0 Å². The van der Waals surface area contributed by atoms with Gasteiger partial charge in [-0.25, -0.2) is 0 Å². The largest absolute Gasteiger partial charge is 0.361 e. The highest BCUT2D eigenvalue weighted by atomic mass is 32.1. The first kappa shape index (κ1) is 13.1. The molecule has 110 valence electrons. The third kappa shape index (κ3) is 2.39. The molecule has 3 aromatic heterocycles. The molecule has 22 heavy (non-hydrogen) atoms. The van der Waals surface area contributed by atoms with Crippen LogP contribution in [-0.2, 0) is 12.8 Å². The second kappa shape index (κ2) is 5.34. The van der Waals surface area contributed by atoms with Crippen molar-refractivity contribution in [3.8, 4) is 11.5 Å². The molecular weight excluding hydrogens is 298 g/mol. The van der Waals surface area contributed by atoms with Crippen LogP contribution in [0.4, 0.5) is 0 Å². The lowest BCUT2D eigenvalue weighted by molar-refractivity contribution is 0.399. The number of rotatable bonds is 4. The monoisotopic (exact) mass is 311 g/mol.